The summed E-state index contributed by atoms with van der Waals surface area (Å²) in [4.78, 5) is 16.8. The average Bonchev–Trinajstić information content (AvgIpc) is 3.04. The Hall–Kier alpha value is -2.82. The van der Waals surface area contributed by atoms with Gasteiger partial charge >= 0.3 is 0 Å². The molecule has 0 bridgehead atoms. The molecule has 1 aliphatic heterocycles. The van der Waals surface area contributed by atoms with E-state index in [2.05, 4.69) is 17.0 Å². The van der Waals surface area contributed by atoms with Crippen LogP contribution in [0.5, 0.6) is 0 Å². The summed E-state index contributed by atoms with van der Waals surface area (Å²) in [6.07, 6.45) is 1.85. The molecule has 0 unspecified atom stereocenters. The maximum absolute atomic E-state index is 13.5. The molecule has 0 spiro atoms. The van der Waals surface area contributed by atoms with E-state index in [4.69, 9.17) is 0 Å². The van der Waals surface area contributed by atoms with Crippen LogP contribution in [0, 0.1) is 5.82 Å². The smallest absolute Gasteiger partial charge is 0.242 e. The molecule has 3 aromatic rings. The van der Waals surface area contributed by atoms with E-state index in [0.717, 1.165) is 24.0 Å². The van der Waals surface area contributed by atoms with Gasteiger partial charge in [-0.15, -0.1) is 0 Å². The zero-order valence-electron chi connectivity index (χ0n) is 13.9. The number of fused-ring (bicyclic) bond motifs is 1. The van der Waals surface area contributed by atoms with Crippen molar-refractivity contribution < 1.29 is 9.18 Å². The molecule has 4 nitrogen and oxygen atoms in total. The Bertz CT molecular complexity index is 882. The van der Waals surface area contributed by atoms with E-state index in [1.807, 2.05) is 39.9 Å². The molecule has 0 N–H and O–H groups in total. The molecule has 25 heavy (non-hydrogen) atoms. The SMILES string of the molecule is O=C(Cn1ccc2ccc(F)cc21)N1CCN(c2ccccc2)CC1. The van der Waals surface area contributed by atoms with Gasteiger partial charge in [0.2, 0.25) is 5.91 Å². The molecule has 4 rings (SSSR count). The largest absolute Gasteiger partial charge is 0.368 e. The number of anilines is 1. The van der Waals surface area contributed by atoms with Gasteiger partial charge < -0.3 is 14.4 Å². The van der Waals surface area contributed by atoms with Crippen LogP contribution in [0.1, 0.15) is 0 Å². The lowest BCUT2D eigenvalue weighted by Crippen LogP contribution is -2.49. The fourth-order valence-electron chi connectivity index (χ4n) is 3.39. The van der Waals surface area contributed by atoms with Crippen molar-refractivity contribution in [2.75, 3.05) is 31.1 Å². The molecule has 1 aliphatic rings. The highest BCUT2D eigenvalue weighted by Gasteiger charge is 2.21. The van der Waals surface area contributed by atoms with E-state index in [-0.39, 0.29) is 18.3 Å². The van der Waals surface area contributed by atoms with E-state index < -0.39 is 0 Å². The molecule has 5 heteroatoms. The van der Waals surface area contributed by atoms with Crippen LogP contribution in [0.25, 0.3) is 10.9 Å². The number of carbonyl (C=O) groups is 1. The van der Waals surface area contributed by atoms with Crippen LogP contribution >= 0.6 is 0 Å². The van der Waals surface area contributed by atoms with Crippen molar-refractivity contribution in [2.24, 2.45) is 0 Å². The summed E-state index contributed by atoms with van der Waals surface area (Å²) in [6, 6.07) is 16.8. The van der Waals surface area contributed by atoms with Crippen LogP contribution in [-0.4, -0.2) is 41.6 Å². The zero-order valence-corrected chi connectivity index (χ0v) is 13.9. The molecule has 2 aromatic carbocycles. The minimum absolute atomic E-state index is 0.0782. The van der Waals surface area contributed by atoms with Crippen molar-refractivity contribution in [1.82, 2.24) is 9.47 Å². The first kappa shape index (κ1) is 15.7. The van der Waals surface area contributed by atoms with Crippen molar-refractivity contribution in [3.05, 3.63) is 66.6 Å². The van der Waals surface area contributed by atoms with Gasteiger partial charge in [-0.2, -0.15) is 0 Å². The van der Waals surface area contributed by atoms with Crippen molar-refractivity contribution in [3.8, 4) is 0 Å². The predicted octanol–water partition coefficient (Wildman–Crippen LogP) is 3.13. The Kier molecular flexibility index (Phi) is 4.14. The van der Waals surface area contributed by atoms with Crippen molar-refractivity contribution in [2.45, 2.75) is 6.54 Å². The van der Waals surface area contributed by atoms with Gasteiger partial charge in [0, 0.05) is 38.1 Å². The highest BCUT2D eigenvalue weighted by atomic mass is 19.1. The van der Waals surface area contributed by atoms with Crippen LogP contribution in [0.3, 0.4) is 0 Å². The van der Waals surface area contributed by atoms with Crippen LogP contribution < -0.4 is 4.90 Å². The highest BCUT2D eigenvalue weighted by Crippen LogP contribution is 2.19. The molecule has 1 fully saturated rings. The van der Waals surface area contributed by atoms with Gasteiger partial charge in [-0.05, 0) is 41.8 Å². The van der Waals surface area contributed by atoms with Crippen molar-refractivity contribution in [3.63, 3.8) is 0 Å². The number of hydrogen-bond acceptors (Lipinski definition) is 2. The molecule has 2 heterocycles. The maximum atomic E-state index is 13.5. The Morgan fingerprint density at radius 2 is 1.72 bits per heavy atom. The monoisotopic (exact) mass is 337 g/mol. The summed E-state index contributed by atoms with van der Waals surface area (Å²) in [7, 11) is 0. The Balaban J connectivity index is 1.41. The van der Waals surface area contributed by atoms with Crippen LogP contribution in [0.15, 0.2) is 60.8 Å². The normalized spacial score (nSPS) is 14.9. The molecule has 0 radical (unpaired) electrons. The zero-order chi connectivity index (χ0) is 17.2. The van der Waals surface area contributed by atoms with E-state index >= 15 is 0 Å². The number of hydrogen-bond donors (Lipinski definition) is 0. The summed E-state index contributed by atoms with van der Waals surface area (Å²) in [5, 5.41) is 0.947. The van der Waals surface area contributed by atoms with Gasteiger partial charge in [0.15, 0.2) is 0 Å². The molecular weight excluding hydrogens is 317 g/mol. The van der Waals surface area contributed by atoms with Gasteiger partial charge in [0.25, 0.3) is 0 Å². The topological polar surface area (TPSA) is 28.5 Å². The number of piperazine rings is 1. The Morgan fingerprint density at radius 1 is 0.960 bits per heavy atom. The van der Waals surface area contributed by atoms with Crippen LogP contribution in [0.2, 0.25) is 0 Å². The number of rotatable bonds is 3. The lowest BCUT2D eigenvalue weighted by atomic mass is 10.2. The number of carbonyl (C=O) groups excluding carboxylic acids is 1. The van der Waals surface area contributed by atoms with Gasteiger partial charge in [0.1, 0.15) is 12.4 Å². The lowest BCUT2D eigenvalue weighted by molar-refractivity contribution is -0.132. The van der Waals surface area contributed by atoms with Crippen LogP contribution in [-0.2, 0) is 11.3 Å². The molecule has 0 atom stereocenters. The minimum Gasteiger partial charge on any atom is -0.368 e. The number of aromatic nitrogens is 1. The lowest BCUT2D eigenvalue weighted by Gasteiger charge is -2.36. The number of amides is 1. The summed E-state index contributed by atoms with van der Waals surface area (Å²) in [6.45, 7) is 3.33. The standard InChI is InChI=1S/C20H20FN3O/c21-17-7-6-16-8-9-24(19(16)14-17)15-20(25)23-12-10-22(11-13-23)18-4-2-1-3-5-18/h1-9,14H,10-13,15H2. The first-order chi connectivity index (χ1) is 12.2. The Labute approximate surface area is 146 Å². The third kappa shape index (κ3) is 3.22. The fraction of sp³-hybridized carbons (Fsp3) is 0.250. The van der Waals surface area contributed by atoms with Gasteiger partial charge in [-0.25, -0.2) is 4.39 Å². The van der Waals surface area contributed by atoms with Crippen molar-refractivity contribution in [1.29, 1.82) is 0 Å². The molecule has 128 valence electrons. The maximum Gasteiger partial charge on any atom is 0.242 e. The second-order valence-corrected chi connectivity index (χ2v) is 6.35. The number of nitrogens with zero attached hydrogens (tertiary/aromatic N) is 3. The number of benzene rings is 2. The third-order valence-electron chi connectivity index (χ3n) is 4.80. The molecule has 1 amide bonds. The van der Waals surface area contributed by atoms with Gasteiger partial charge in [-0.3, -0.25) is 4.79 Å². The predicted molar refractivity (Wildman–Crippen MR) is 97.1 cm³/mol. The third-order valence-corrected chi connectivity index (χ3v) is 4.80. The van der Waals surface area contributed by atoms with Crippen molar-refractivity contribution >= 4 is 22.5 Å². The van der Waals surface area contributed by atoms with Gasteiger partial charge in [-0.1, -0.05) is 18.2 Å². The Morgan fingerprint density at radius 3 is 2.48 bits per heavy atom. The summed E-state index contributed by atoms with van der Waals surface area (Å²) >= 11 is 0. The highest BCUT2D eigenvalue weighted by molar-refractivity contribution is 5.83. The summed E-state index contributed by atoms with van der Waals surface area (Å²) in [5.41, 5.74) is 1.96. The van der Waals surface area contributed by atoms with E-state index in [1.54, 1.807) is 6.07 Å². The molecule has 1 saturated heterocycles. The van der Waals surface area contributed by atoms with E-state index in [1.165, 1.54) is 17.8 Å². The number of halogens is 1. The summed E-state index contributed by atoms with van der Waals surface area (Å²) in [5.74, 6) is -0.203. The minimum atomic E-state index is -0.281. The molecule has 0 saturated carbocycles. The van der Waals surface area contributed by atoms with Crippen LogP contribution in [0.4, 0.5) is 10.1 Å². The number of para-hydroxylation sites is 1. The molecule has 0 aliphatic carbocycles. The fourth-order valence-corrected chi connectivity index (χ4v) is 3.39. The first-order valence-electron chi connectivity index (χ1n) is 8.53. The van der Waals surface area contributed by atoms with E-state index in [9.17, 15) is 9.18 Å². The summed E-state index contributed by atoms with van der Waals surface area (Å²) < 4.78 is 15.3. The molecule has 1 aromatic heterocycles. The second kappa shape index (κ2) is 6.59. The molecular formula is C20H20FN3O. The quantitative estimate of drug-likeness (QED) is 0.735. The van der Waals surface area contributed by atoms with Gasteiger partial charge in [0.05, 0.1) is 5.52 Å². The first-order valence-corrected chi connectivity index (χ1v) is 8.53. The van der Waals surface area contributed by atoms with E-state index in [0.29, 0.717) is 13.1 Å². The second-order valence-electron chi connectivity index (χ2n) is 6.35. The average molecular weight is 337 g/mol.